The van der Waals surface area contributed by atoms with E-state index in [4.69, 9.17) is 9.84 Å². The van der Waals surface area contributed by atoms with Gasteiger partial charge >= 0.3 is 10.4 Å². The number of rotatable bonds is 11. The number of aromatic hydroxyl groups is 1. The monoisotopic (exact) mass is 598 g/mol. The van der Waals surface area contributed by atoms with E-state index in [2.05, 4.69) is 38.9 Å². The molecular weight excluding hydrogens is 560 g/mol. The number of hydrogen-bond acceptors (Lipinski definition) is 8. The van der Waals surface area contributed by atoms with Gasteiger partial charge in [0.05, 0.1) is 20.3 Å². The van der Waals surface area contributed by atoms with Crippen molar-refractivity contribution in [3.05, 3.63) is 107 Å². The molecule has 2 aromatic carbocycles. The molecule has 0 amide bonds. The third-order valence-electron chi connectivity index (χ3n) is 6.21. The fraction of sp³-hybridized carbons (Fsp3) is 0.290. The Kier molecular flexibility index (Phi) is 13.7. The van der Waals surface area contributed by atoms with Gasteiger partial charge in [0.2, 0.25) is 0 Å². The molecule has 1 N–H and O–H groups in total. The van der Waals surface area contributed by atoms with Gasteiger partial charge in [-0.15, -0.1) is 0 Å². The quantitative estimate of drug-likeness (QED) is 0.233. The molecule has 0 spiro atoms. The van der Waals surface area contributed by atoms with Crippen LogP contribution in [0.2, 0.25) is 0 Å². The number of phenols is 1. The summed E-state index contributed by atoms with van der Waals surface area (Å²) in [4.78, 5) is 20.6. The first-order chi connectivity index (χ1) is 20.0. The van der Waals surface area contributed by atoms with Gasteiger partial charge in [0.15, 0.2) is 0 Å². The fourth-order valence-electron chi connectivity index (χ4n) is 3.83. The van der Waals surface area contributed by atoms with E-state index in [1.807, 2.05) is 42.7 Å². The van der Waals surface area contributed by atoms with Gasteiger partial charge in [-0.3, -0.25) is 13.8 Å². The van der Waals surface area contributed by atoms with Crippen molar-refractivity contribution in [2.75, 3.05) is 20.3 Å². The van der Waals surface area contributed by atoms with Crippen LogP contribution in [0.25, 0.3) is 0 Å². The lowest BCUT2D eigenvalue weighted by Gasteiger charge is -2.10. The zero-order chi connectivity index (χ0) is 31.1. The van der Waals surface area contributed by atoms with Gasteiger partial charge in [-0.2, -0.15) is 8.42 Å². The Hall–Kier alpha value is -4.19. The largest absolute Gasteiger partial charge is 0.508 e. The first-order valence-electron chi connectivity index (χ1n) is 13.1. The molecule has 0 saturated carbocycles. The van der Waals surface area contributed by atoms with Crippen LogP contribution in [0.5, 0.6) is 11.5 Å². The van der Waals surface area contributed by atoms with Crippen LogP contribution in [0, 0.1) is 27.7 Å². The summed E-state index contributed by atoms with van der Waals surface area (Å²) in [6.45, 7) is 10.1. The van der Waals surface area contributed by atoms with Crippen LogP contribution in [0.15, 0.2) is 72.8 Å². The van der Waals surface area contributed by atoms with Gasteiger partial charge < -0.3 is 19.0 Å². The molecule has 226 valence electrons. The summed E-state index contributed by atoms with van der Waals surface area (Å²) in [7, 11) is -2.74. The number of aryl methyl sites for hydroxylation is 4. The van der Waals surface area contributed by atoms with Crippen LogP contribution >= 0.6 is 0 Å². The van der Waals surface area contributed by atoms with Crippen LogP contribution in [0.4, 0.5) is 0 Å². The number of aromatic nitrogens is 2. The minimum Gasteiger partial charge on any atom is -0.508 e. The van der Waals surface area contributed by atoms with Crippen molar-refractivity contribution in [2.24, 2.45) is 0 Å². The van der Waals surface area contributed by atoms with Crippen molar-refractivity contribution in [1.82, 2.24) is 9.13 Å². The molecule has 0 aliphatic heterocycles. The molecule has 0 aliphatic rings. The summed E-state index contributed by atoms with van der Waals surface area (Å²) < 4.78 is 40.3. The Morgan fingerprint density at radius 3 is 1.48 bits per heavy atom. The van der Waals surface area contributed by atoms with E-state index in [9.17, 15) is 18.0 Å². The second kappa shape index (κ2) is 16.9. The number of phenolic OH excluding ortho intramolecular Hbond substituents is 1. The van der Waals surface area contributed by atoms with E-state index in [1.54, 1.807) is 24.3 Å². The highest BCUT2D eigenvalue weighted by molar-refractivity contribution is 7.81. The molecule has 2 heterocycles. The summed E-state index contributed by atoms with van der Waals surface area (Å²) in [6, 6.07) is 21.4. The van der Waals surface area contributed by atoms with Crippen LogP contribution in [-0.4, -0.2) is 55.6 Å². The lowest BCUT2D eigenvalue weighted by Crippen LogP contribution is -2.14. The molecule has 4 aromatic rings. The van der Waals surface area contributed by atoms with Crippen LogP contribution in [0.3, 0.4) is 0 Å². The molecule has 0 unspecified atom stereocenters. The van der Waals surface area contributed by atoms with Gasteiger partial charge in [-0.05, 0) is 100 Å². The maximum Gasteiger partial charge on any atom is 0.399 e. The van der Waals surface area contributed by atoms with E-state index in [0.717, 1.165) is 43.4 Å². The molecule has 2 aromatic heterocycles. The molecule has 0 saturated heterocycles. The summed E-state index contributed by atoms with van der Waals surface area (Å²) in [6.07, 6.45) is 1.57. The second-order valence-electron chi connectivity index (χ2n) is 9.18. The highest BCUT2D eigenvalue weighted by Crippen LogP contribution is 2.12. The molecule has 0 radical (unpaired) electrons. The maximum absolute atomic E-state index is 10.8. The normalized spacial score (nSPS) is 10.6. The predicted octanol–water partition coefficient (Wildman–Crippen LogP) is 5.21. The fourth-order valence-corrected chi connectivity index (χ4v) is 4.21. The minimum atomic E-state index is -3.81. The number of hydrogen-bond donors (Lipinski definition) is 1. The summed E-state index contributed by atoms with van der Waals surface area (Å²) >= 11 is 0. The molecule has 42 heavy (non-hydrogen) atoms. The molecule has 4 rings (SSSR count). The lowest BCUT2D eigenvalue weighted by molar-refractivity contribution is 0.111. The van der Waals surface area contributed by atoms with Gasteiger partial charge in [-0.1, -0.05) is 0 Å². The number of carbonyl (C=O) groups excluding carboxylic acids is 2. The molecule has 0 fully saturated rings. The van der Waals surface area contributed by atoms with E-state index < -0.39 is 10.4 Å². The van der Waals surface area contributed by atoms with Crippen LogP contribution in [0.1, 0.15) is 43.5 Å². The third-order valence-corrected chi connectivity index (χ3v) is 7.07. The molecule has 11 heteroatoms. The van der Waals surface area contributed by atoms with Gasteiger partial charge in [0.1, 0.15) is 30.7 Å². The van der Waals surface area contributed by atoms with Crippen molar-refractivity contribution in [2.45, 2.75) is 40.8 Å². The zero-order valence-corrected chi connectivity index (χ0v) is 25.3. The average molecular weight is 599 g/mol. The SMILES string of the molecule is COS(=O)(=O)OCCn1c(C)ccc1C.Cc1ccc(C)n1CCOc1ccc(C=O)cc1.O=Cc1ccc(O)cc1. The topological polar surface area (TPSA) is 126 Å². The Bertz CT molecular complexity index is 1470. The Morgan fingerprint density at radius 1 is 0.667 bits per heavy atom. The number of ether oxygens (including phenoxy) is 1. The average Bonchev–Trinajstić information content (AvgIpc) is 3.49. The zero-order valence-electron chi connectivity index (χ0n) is 24.5. The second-order valence-corrected chi connectivity index (χ2v) is 10.6. The number of nitrogens with zero attached hydrogens (tertiary/aromatic N) is 2. The first kappa shape index (κ1) is 34.0. The van der Waals surface area contributed by atoms with E-state index in [-0.39, 0.29) is 12.4 Å². The molecule has 0 aliphatic carbocycles. The van der Waals surface area contributed by atoms with Crippen LogP contribution < -0.4 is 4.74 Å². The summed E-state index contributed by atoms with van der Waals surface area (Å²) in [5.74, 6) is 0.976. The standard InChI is InChI=1S/C15H17NO2.C9H15NO4S.C7H6O2/c1-12-3-4-13(2)16(12)9-10-18-15-7-5-14(11-17)6-8-15;1-8-4-5-9(2)10(8)6-7-14-15(11,12)13-3;8-5-6-1-3-7(9)4-2-6/h3-8,11H,9-10H2,1-2H3;4-5H,6-7H2,1-3H3;1-5,9H. The van der Waals surface area contributed by atoms with Gasteiger partial charge in [-0.25, -0.2) is 4.18 Å². The molecular formula is C31H38N2O8S. The number of benzene rings is 2. The maximum atomic E-state index is 10.8. The van der Waals surface area contributed by atoms with Gasteiger partial charge in [0.25, 0.3) is 0 Å². The smallest absolute Gasteiger partial charge is 0.399 e. The van der Waals surface area contributed by atoms with Crippen molar-refractivity contribution >= 4 is 23.0 Å². The summed E-state index contributed by atoms with van der Waals surface area (Å²) in [5.41, 5.74) is 5.88. The Balaban J connectivity index is 0.000000232. The highest BCUT2D eigenvalue weighted by atomic mass is 32.3. The number of carbonyl (C=O) groups is 2. The van der Waals surface area contributed by atoms with Gasteiger partial charge in [0, 0.05) is 40.4 Å². The molecule has 0 atom stereocenters. The van der Waals surface area contributed by atoms with E-state index >= 15 is 0 Å². The molecule has 10 nitrogen and oxygen atoms in total. The Morgan fingerprint density at radius 2 is 1.07 bits per heavy atom. The lowest BCUT2D eigenvalue weighted by atomic mass is 10.2. The number of aldehydes is 2. The first-order valence-corrected chi connectivity index (χ1v) is 14.5. The van der Waals surface area contributed by atoms with Crippen molar-refractivity contribution in [1.29, 1.82) is 0 Å². The van der Waals surface area contributed by atoms with Crippen molar-refractivity contribution < 1.29 is 36.2 Å². The van der Waals surface area contributed by atoms with E-state index in [1.165, 1.54) is 23.5 Å². The predicted molar refractivity (Wildman–Crippen MR) is 161 cm³/mol. The van der Waals surface area contributed by atoms with Crippen molar-refractivity contribution in [3.63, 3.8) is 0 Å². The third kappa shape index (κ3) is 11.4. The van der Waals surface area contributed by atoms with E-state index in [0.29, 0.717) is 24.3 Å². The van der Waals surface area contributed by atoms with Crippen molar-refractivity contribution in [3.8, 4) is 11.5 Å². The Labute approximate surface area is 247 Å². The van der Waals surface area contributed by atoms with Crippen LogP contribution in [-0.2, 0) is 31.9 Å². The minimum absolute atomic E-state index is 0.0759. The highest BCUT2D eigenvalue weighted by Gasteiger charge is 2.09. The summed E-state index contributed by atoms with van der Waals surface area (Å²) in [5, 5.41) is 8.74. The molecule has 0 bridgehead atoms.